The number of carbonyl (C=O) groups excluding carboxylic acids is 5. The van der Waals surface area contributed by atoms with Crippen molar-refractivity contribution in [1.29, 1.82) is 0 Å². The van der Waals surface area contributed by atoms with Gasteiger partial charge in [0.2, 0.25) is 5.91 Å². The van der Waals surface area contributed by atoms with Crippen molar-refractivity contribution in [3.8, 4) is 0 Å². The molecule has 276 valence electrons. The minimum absolute atomic E-state index is 0.0117. The van der Waals surface area contributed by atoms with Gasteiger partial charge in [-0.3, -0.25) is 14.4 Å². The van der Waals surface area contributed by atoms with Crippen LogP contribution in [0.5, 0.6) is 0 Å². The molecule has 1 aliphatic rings. The molecule has 1 aromatic heterocycles. The second-order valence-corrected chi connectivity index (χ2v) is 15.3. The van der Waals surface area contributed by atoms with Crippen molar-refractivity contribution in [3.63, 3.8) is 0 Å². The van der Waals surface area contributed by atoms with E-state index in [4.69, 9.17) is 9.47 Å². The van der Waals surface area contributed by atoms with Gasteiger partial charge < -0.3 is 30.3 Å². The highest BCUT2D eigenvalue weighted by Crippen LogP contribution is 2.38. The standard InChI is InChI=1S/C40H42N4O7S2/c1-6-50-38(48)34-30-19-20-44(39(49)51-40(3,4)5)23-32(30)53-37(34)43-33(45)24-52-29-18-12-17-28(22-29)41-36(47)31(21-27-16-11-10-13-25(27)2)42-35(46)26-14-8-7-9-15-26/h7-18,21-22H,6,19-20,23-24H2,1-5H3,(H,41,47)(H,42,46)(H,43,45)/b31-21-. The van der Waals surface area contributed by atoms with Gasteiger partial charge >= 0.3 is 12.1 Å². The molecule has 4 amide bonds. The molecule has 0 fully saturated rings. The topological polar surface area (TPSA) is 143 Å². The summed E-state index contributed by atoms with van der Waals surface area (Å²) in [4.78, 5) is 68.8. The summed E-state index contributed by atoms with van der Waals surface area (Å²) in [5, 5.41) is 8.88. The van der Waals surface area contributed by atoms with Crippen LogP contribution >= 0.6 is 23.1 Å². The summed E-state index contributed by atoms with van der Waals surface area (Å²) >= 11 is 2.50. The highest BCUT2D eigenvalue weighted by molar-refractivity contribution is 8.00. The van der Waals surface area contributed by atoms with Gasteiger partial charge in [0.15, 0.2) is 0 Å². The molecule has 11 nitrogen and oxygen atoms in total. The number of nitrogens with zero attached hydrogens (tertiary/aromatic N) is 1. The number of amides is 4. The molecule has 3 N–H and O–H groups in total. The van der Waals surface area contributed by atoms with Gasteiger partial charge in [0, 0.05) is 27.6 Å². The minimum Gasteiger partial charge on any atom is -0.462 e. The summed E-state index contributed by atoms with van der Waals surface area (Å²) in [5.74, 6) is -1.80. The van der Waals surface area contributed by atoms with Crippen LogP contribution in [0.3, 0.4) is 0 Å². The Balaban J connectivity index is 1.27. The van der Waals surface area contributed by atoms with Crippen LogP contribution in [-0.4, -0.2) is 59.2 Å². The average Bonchev–Trinajstić information content (AvgIpc) is 3.48. The Morgan fingerprint density at radius 3 is 2.40 bits per heavy atom. The number of fused-ring (bicyclic) bond motifs is 1. The first-order valence-electron chi connectivity index (χ1n) is 17.1. The van der Waals surface area contributed by atoms with Gasteiger partial charge in [-0.25, -0.2) is 9.59 Å². The van der Waals surface area contributed by atoms with Gasteiger partial charge in [0.05, 0.1) is 24.5 Å². The number of benzene rings is 3. The average molecular weight is 755 g/mol. The number of thioether (sulfide) groups is 1. The molecule has 0 saturated carbocycles. The molecule has 4 aromatic rings. The fourth-order valence-electron chi connectivity index (χ4n) is 5.41. The van der Waals surface area contributed by atoms with E-state index in [1.165, 1.54) is 23.1 Å². The molecule has 1 aliphatic heterocycles. The molecule has 53 heavy (non-hydrogen) atoms. The van der Waals surface area contributed by atoms with Crippen molar-refractivity contribution in [1.82, 2.24) is 10.2 Å². The van der Waals surface area contributed by atoms with E-state index in [0.29, 0.717) is 39.7 Å². The van der Waals surface area contributed by atoms with Crippen LogP contribution in [0.4, 0.5) is 15.5 Å². The lowest BCUT2D eigenvalue weighted by atomic mass is 10.0. The smallest absolute Gasteiger partial charge is 0.410 e. The number of hydrogen-bond donors (Lipinski definition) is 3. The van der Waals surface area contributed by atoms with Crippen molar-refractivity contribution in [2.75, 3.05) is 29.5 Å². The van der Waals surface area contributed by atoms with Gasteiger partial charge in [0.25, 0.3) is 11.8 Å². The number of aryl methyl sites for hydroxylation is 1. The first kappa shape index (κ1) is 38.8. The highest BCUT2D eigenvalue weighted by Gasteiger charge is 2.32. The van der Waals surface area contributed by atoms with Crippen LogP contribution in [0.2, 0.25) is 0 Å². The maximum atomic E-state index is 13.6. The Labute approximate surface area is 317 Å². The molecule has 0 atom stereocenters. The first-order valence-corrected chi connectivity index (χ1v) is 18.9. The van der Waals surface area contributed by atoms with E-state index >= 15 is 0 Å². The van der Waals surface area contributed by atoms with E-state index in [0.717, 1.165) is 21.6 Å². The van der Waals surface area contributed by atoms with Gasteiger partial charge in [-0.1, -0.05) is 48.5 Å². The van der Waals surface area contributed by atoms with E-state index in [1.807, 2.05) is 37.3 Å². The van der Waals surface area contributed by atoms with Crippen molar-refractivity contribution in [3.05, 3.63) is 117 Å². The zero-order valence-electron chi connectivity index (χ0n) is 30.2. The summed E-state index contributed by atoms with van der Waals surface area (Å²) in [7, 11) is 0. The summed E-state index contributed by atoms with van der Waals surface area (Å²) in [6.07, 6.45) is 1.61. The van der Waals surface area contributed by atoms with Crippen LogP contribution in [0.1, 0.15) is 70.0 Å². The van der Waals surface area contributed by atoms with Crippen LogP contribution in [0.25, 0.3) is 6.08 Å². The SMILES string of the molecule is CCOC(=O)c1c(NC(=O)CSc2cccc(NC(=O)/C(=C/c3ccccc3C)NC(=O)c3ccccc3)c2)sc2c1CCN(C(=O)OC(C)(C)C)C2. The van der Waals surface area contributed by atoms with E-state index in [-0.39, 0.29) is 30.5 Å². The van der Waals surface area contributed by atoms with E-state index < -0.39 is 29.5 Å². The molecule has 5 rings (SSSR count). The Morgan fingerprint density at radius 1 is 0.943 bits per heavy atom. The second-order valence-electron chi connectivity index (χ2n) is 13.1. The molecule has 0 spiro atoms. The molecule has 0 radical (unpaired) electrons. The number of anilines is 2. The number of esters is 1. The Kier molecular flexibility index (Phi) is 12.8. The van der Waals surface area contributed by atoms with Gasteiger partial charge in [-0.05, 0) is 94.1 Å². The van der Waals surface area contributed by atoms with Crippen molar-refractivity contribution < 1.29 is 33.4 Å². The molecular formula is C40H42N4O7S2. The Hall–Kier alpha value is -5.40. The van der Waals surface area contributed by atoms with Crippen molar-refractivity contribution in [2.24, 2.45) is 0 Å². The minimum atomic E-state index is -0.646. The third-order valence-electron chi connectivity index (χ3n) is 7.92. The zero-order chi connectivity index (χ0) is 38.1. The number of ether oxygens (including phenoxy) is 2. The largest absolute Gasteiger partial charge is 0.462 e. The van der Waals surface area contributed by atoms with E-state index in [9.17, 15) is 24.0 Å². The number of thiophene rings is 1. The highest BCUT2D eigenvalue weighted by atomic mass is 32.2. The second kappa shape index (κ2) is 17.4. The van der Waals surface area contributed by atoms with Gasteiger partial charge in [0.1, 0.15) is 16.3 Å². The predicted octanol–water partition coefficient (Wildman–Crippen LogP) is 7.67. The quantitative estimate of drug-likeness (QED) is 0.0805. The lowest BCUT2D eigenvalue weighted by molar-refractivity contribution is -0.114. The van der Waals surface area contributed by atoms with Gasteiger partial charge in [-0.2, -0.15) is 0 Å². The molecule has 0 saturated heterocycles. The zero-order valence-corrected chi connectivity index (χ0v) is 31.9. The fourth-order valence-corrected chi connectivity index (χ4v) is 7.44. The van der Waals surface area contributed by atoms with Crippen LogP contribution in [-0.2, 0) is 32.0 Å². The third kappa shape index (κ3) is 10.6. The number of carbonyl (C=O) groups is 5. The molecular weight excluding hydrogens is 713 g/mol. The predicted molar refractivity (Wildman–Crippen MR) is 208 cm³/mol. The number of rotatable bonds is 11. The fraction of sp³-hybridized carbons (Fsp3) is 0.275. The third-order valence-corrected chi connectivity index (χ3v) is 10.0. The van der Waals surface area contributed by atoms with E-state index in [2.05, 4.69) is 16.0 Å². The van der Waals surface area contributed by atoms with Crippen LogP contribution in [0.15, 0.2) is 89.5 Å². The molecule has 0 aliphatic carbocycles. The summed E-state index contributed by atoms with van der Waals surface area (Å²) in [5.41, 5.74) is 3.08. The molecule has 13 heteroatoms. The first-order chi connectivity index (χ1) is 25.3. The normalized spacial score (nSPS) is 12.7. The number of hydrogen-bond acceptors (Lipinski definition) is 9. The maximum absolute atomic E-state index is 13.6. The summed E-state index contributed by atoms with van der Waals surface area (Å²) < 4.78 is 10.9. The van der Waals surface area contributed by atoms with Crippen LogP contribution in [0, 0.1) is 6.92 Å². The molecule has 3 aromatic carbocycles. The van der Waals surface area contributed by atoms with Crippen molar-refractivity contribution in [2.45, 2.75) is 58.1 Å². The van der Waals surface area contributed by atoms with Gasteiger partial charge in [-0.15, -0.1) is 23.1 Å². The number of nitrogens with one attached hydrogen (secondary N) is 3. The van der Waals surface area contributed by atoms with E-state index in [1.54, 1.807) is 87.2 Å². The lowest BCUT2D eigenvalue weighted by Crippen LogP contribution is -2.39. The molecule has 2 heterocycles. The summed E-state index contributed by atoms with van der Waals surface area (Å²) in [6, 6.07) is 23.2. The van der Waals surface area contributed by atoms with Crippen LogP contribution < -0.4 is 16.0 Å². The molecule has 0 unspecified atom stereocenters. The summed E-state index contributed by atoms with van der Waals surface area (Å²) in [6.45, 7) is 9.84. The Bertz CT molecular complexity index is 2040. The maximum Gasteiger partial charge on any atom is 0.410 e. The Morgan fingerprint density at radius 2 is 1.68 bits per heavy atom. The molecule has 0 bridgehead atoms. The van der Waals surface area contributed by atoms with Crippen molar-refractivity contribution >= 4 is 69.6 Å². The lowest BCUT2D eigenvalue weighted by Gasteiger charge is -2.30. The monoisotopic (exact) mass is 754 g/mol.